The lowest BCUT2D eigenvalue weighted by atomic mass is 10.1. The molecule has 2 rings (SSSR count). The molecule has 0 spiro atoms. The maximum absolute atomic E-state index is 11.9. The Morgan fingerprint density at radius 2 is 1.90 bits per heavy atom. The second-order valence-electron chi connectivity index (χ2n) is 4.77. The van der Waals surface area contributed by atoms with E-state index in [0.717, 1.165) is 5.56 Å². The summed E-state index contributed by atoms with van der Waals surface area (Å²) in [5.41, 5.74) is 9.23. The molecule has 104 valence electrons. The van der Waals surface area contributed by atoms with Gasteiger partial charge in [-0.1, -0.05) is 41.4 Å². The van der Waals surface area contributed by atoms with Gasteiger partial charge in [-0.3, -0.25) is 4.79 Å². The van der Waals surface area contributed by atoms with Crippen molar-refractivity contribution in [2.75, 3.05) is 11.1 Å². The number of rotatable bonds is 4. The summed E-state index contributed by atoms with van der Waals surface area (Å²) in [6, 6.07) is 13.2. The third-order valence-corrected chi connectivity index (χ3v) is 3.28. The Morgan fingerprint density at radius 1 is 1.20 bits per heavy atom. The maximum atomic E-state index is 11.9. The fourth-order valence-corrected chi connectivity index (χ4v) is 2.05. The zero-order valence-corrected chi connectivity index (χ0v) is 12.1. The van der Waals surface area contributed by atoms with Crippen LogP contribution in [-0.4, -0.2) is 5.91 Å². The number of nitrogen functional groups attached to an aromatic ring is 1. The SMILES string of the molecule is Cc1ccc(CCC(=O)Nc2ccc(Cl)cc2N)cc1. The molecule has 0 saturated heterocycles. The first-order chi connectivity index (χ1) is 9.54. The Bertz CT molecular complexity index is 608. The van der Waals surface area contributed by atoms with Gasteiger partial charge in [0.25, 0.3) is 0 Å². The molecule has 0 atom stereocenters. The summed E-state index contributed by atoms with van der Waals surface area (Å²) in [5.74, 6) is -0.0559. The van der Waals surface area contributed by atoms with Crippen LogP contribution in [0.25, 0.3) is 0 Å². The molecule has 0 heterocycles. The monoisotopic (exact) mass is 288 g/mol. The lowest BCUT2D eigenvalue weighted by molar-refractivity contribution is -0.116. The van der Waals surface area contributed by atoms with Crippen molar-refractivity contribution in [2.24, 2.45) is 0 Å². The molecule has 3 N–H and O–H groups in total. The molecule has 2 aromatic carbocycles. The van der Waals surface area contributed by atoms with Crippen LogP contribution in [0.3, 0.4) is 0 Å². The van der Waals surface area contributed by atoms with Crippen molar-refractivity contribution in [3.63, 3.8) is 0 Å². The number of hydrogen-bond acceptors (Lipinski definition) is 2. The molecule has 0 bridgehead atoms. The minimum atomic E-state index is -0.0559. The number of carbonyl (C=O) groups is 1. The highest BCUT2D eigenvalue weighted by molar-refractivity contribution is 6.31. The Morgan fingerprint density at radius 3 is 2.55 bits per heavy atom. The number of nitrogens with two attached hydrogens (primary N) is 1. The van der Waals surface area contributed by atoms with Crippen LogP contribution in [0.15, 0.2) is 42.5 Å². The summed E-state index contributed by atoms with van der Waals surface area (Å²) < 4.78 is 0. The van der Waals surface area contributed by atoms with E-state index in [4.69, 9.17) is 17.3 Å². The van der Waals surface area contributed by atoms with E-state index in [9.17, 15) is 4.79 Å². The van der Waals surface area contributed by atoms with Gasteiger partial charge in [-0.15, -0.1) is 0 Å². The van der Waals surface area contributed by atoms with Gasteiger partial charge in [0.15, 0.2) is 0 Å². The summed E-state index contributed by atoms with van der Waals surface area (Å²) in [6.45, 7) is 2.04. The molecule has 4 heteroatoms. The Balaban J connectivity index is 1.90. The highest BCUT2D eigenvalue weighted by atomic mass is 35.5. The topological polar surface area (TPSA) is 55.1 Å². The van der Waals surface area contributed by atoms with Gasteiger partial charge in [0.05, 0.1) is 11.4 Å². The van der Waals surface area contributed by atoms with E-state index in [1.807, 2.05) is 31.2 Å². The fraction of sp³-hybridized carbons (Fsp3) is 0.188. The number of nitrogens with one attached hydrogen (secondary N) is 1. The van der Waals surface area contributed by atoms with Gasteiger partial charge in [-0.05, 0) is 37.1 Å². The zero-order valence-electron chi connectivity index (χ0n) is 11.3. The molecule has 1 amide bonds. The quantitative estimate of drug-likeness (QED) is 0.841. The van der Waals surface area contributed by atoms with Crippen molar-refractivity contribution < 1.29 is 4.79 Å². The van der Waals surface area contributed by atoms with E-state index in [1.165, 1.54) is 5.56 Å². The first kappa shape index (κ1) is 14.4. The predicted octanol–water partition coefficient (Wildman–Crippen LogP) is 3.80. The number of benzene rings is 2. The molecule has 0 aliphatic carbocycles. The number of anilines is 2. The summed E-state index contributed by atoms with van der Waals surface area (Å²) >= 11 is 5.81. The molecule has 20 heavy (non-hydrogen) atoms. The predicted molar refractivity (Wildman–Crippen MR) is 84.0 cm³/mol. The summed E-state index contributed by atoms with van der Waals surface area (Å²) in [6.07, 6.45) is 1.13. The van der Waals surface area contributed by atoms with Crippen LogP contribution in [-0.2, 0) is 11.2 Å². The van der Waals surface area contributed by atoms with Crippen LogP contribution in [0.1, 0.15) is 17.5 Å². The highest BCUT2D eigenvalue weighted by Crippen LogP contribution is 2.22. The van der Waals surface area contributed by atoms with Crippen molar-refractivity contribution in [2.45, 2.75) is 19.8 Å². The van der Waals surface area contributed by atoms with E-state index in [0.29, 0.717) is 29.2 Å². The number of carbonyl (C=O) groups excluding carboxylic acids is 1. The standard InChI is InChI=1S/C16H17ClN2O/c1-11-2-4-12(5-3-11)6-9-16(20)19-15-8-7-13(17)10-14(15)18/h2-5,7-8,10H,6,9,18H2,1H3,(H,19,20). The zero-order chi connectivity index (χ0) is 14.5. The van der Waals surface area contributed by atoms with Gasteiger partial charge < -0.3 is 11.1 Å². The smallest absolute Gasteiger partial charge is 0.224 e. The summed E-state index contributed by atoms with van der Waals surface area (Å²) in [7, 11) is 0. The van der Waals surface area contributed by atoms with Crippen LogP contribution in [0.2, 0.25) is 5.02 Å². The average Bonchev–Trinajstić information content (AvgIpc) is 2.41. The molecule has 0 aliphatic heterocycles. The van der Waals surface area contributed by atoms with E-state index in [2.05, 4.69) is 5.32 Å². The van der Waals surface area contributed by atoms with E-state index in [-0.39, 0.29) is 5.91 Å². The molecular formula is C16H17ClN2O. The van der Waals surface area contributed by atoms with E-state index >= 15 is 0 Å². The van der Waals surface area contributed by atoms with Crippen LogP contribution in [0.4, 0.5) is 11.4 Å². The molecule has 0 aromatic heterocycles. The summed E-state index contributed by atoms with van der Waals surface area (Å²) in [5, 5.41) is 3.35. The number of amides is 1. The molecule has 0 unspecified atom stereocenters. The molecule has 2 aromatic rings. The van der Waals surface area contributed by atoms with E-state index in [1.54, 1.807) is 18.2 Å². The van der Waals surface area contributed by atoms with Gasteiger partial charge >= 0.3 is 0 Å². The van der Waals surface area contributed by atoms with Crippen molar-refractivity contribution in [3.8, 4) is 0 Å². The van der Waals surface area contributed by atoms with Crippen molar-refractivity contribution >= 4 is 28.9 Å². The third-order valence-electron chi connectivity index (χ3n) is 3.05. The maximum Gasteiger partial charge on any atom is 0.224 e. The largest absolute Gasteiger partial charge is 0.397 e. The minimum absolute atomic E-state index is 0.0559. The third kappa shape index (κ3) is 4.00. The van der Waals surface area contributed by atoms with Crippen molar-refractivity contribution in [1.29, 1.82) is 0 Å². The lowest BCUT2D eigenvalue weighted by Gasteiger charge is -2.08. The average molecular weight is 289 g/mol. The van der Waals surface area contributed by atoms with Gasteiger partial charge in [0.2, 0.25) is 5.91 Å². The normalized spacial score (nSPS) is 10.3. The van der Waals surface area contributed by atoms with E-state index < -0.39 is 0 Å². The second kappa shape index (κ2) is 6.44. The number of halogens is 1. The van der Waals surface area contributed by atoms with Crippen molar-refractivity contribution in [1.82, 2.24) is 0 Å². The molecule has 0 aliphatic rings. The molecule has 3 nitrogen and oxygen atoms in total. The Kier molecular flexibility index (Phi) is 4.64. The first-order valence-electron chi connectivity index (χ1n) is 6.45. The summed E-state index contributed by atoms with van der Waals surface area (Å²) in [4.78, 5) is 11.9. The van der Waals surface area contributed by atoms with Gasteiger partial charge in [-0.2, -0.15) is 0 Å². The van der Waals surface area contributed by atoms with Gasteiger partial charge in [0.1, 0.15) is 0 Å². The Hall–Kier alpha value is -2.00. The lowest BCUT2D eigenvalue weighted by Crippen LogP contribution is -2.13. The molecule has 0 radical (unpaired) electrons. The first-order valence-corrected chi connectivity index (χ1v) is 6.83. The molecular weight excluding hydrogens is 272 g/mol. The molecule has 0 fully saturated rings. The van der Waals surface area contributed by atoms with Crippen LogP contribution in [0, 0.1) is 6.92 Å². The Labute approximate surface area is 123 Å². The van der Waals surface area contributed by atoms with Crippen LogP contribution >= 0.6 is 11.6 Å². The van der Waals surface area contributed by atoms with Crippen LogP contribution < -0.4 is 11.1 Å². The fourth-order valence-electron chi connectivity index (χ4n) is 1.87. The number of aryl methyl sites for hydroxylation is 2. The second-order valence-corrected chi connectivity index (χ2v) is 5.20. The van der Waals surface area contributed by atoms with Gasteiger partial charge in [-0.25, -0.2) is 0 Å². The minimum Gasteiger partial charge on any atom is -0.397 e. The highest BCUT2D eigenvalue weighted by Gasteiger charge is 2.06. The van der Waals surface area contributed by atoms with Gasteiger partial charge in [0, 0.05) is 11.4 Å². The molecule has 0 saturated carbocycles. The van der Waals surface area contributed by atoms with Crippen LogP contribution in [0.5, 0.6) is 0 Å². The number of hydrogen-bond donors (Lipinski definition) is 2. The van der Waals surface area contributed by atoms with Crippen molar-refractivity contribution in [3.05, 3.63) is 58.6 Å².